The zero-order valence-electron chi connectivity index (χ0n) is 9.67. The molecule has 0 aliphatic heterocycles. The van der Waals surface area contributed by atoms with E-state index in [0.29, 0.717) is 5.75 Å². The van der Waals surface area contributed by atoms with E-state index in [2.05, 4.69) is 5.32 Å². The Balaban J connectivity index is 4.40. The molecule has 0 aliphatic carbocycles. The summed E-state index contributed by atoms with van der Waals surface area (Å²) in [6.45, 7) is 0.488. The van der Waals surface area contributed by atoms with Gasteiger partial charge in [0.15, 0.2) is 0 Å². The van der Waals surface area contributed by atoms with Crippen LogP contribution in [0.15, 0.2) is 0 Å². The molecule has 0 bridgehead atoms. The standard InChI is InChI=1S/C9H16N2O5S/c1-6(5-17-2)10-9(16)11(3-7(12)13)4-8(14)15/h6H,3-5H2,1-2H3,(H,10,16)(H,12,13)(H,14,15). The number of carbonyl (C=O) groups is 3. The number of aliphatic carboxylic acids is 2. The van der Waals surface area contributed by atoms with Crippen LogP contribution >= 0.6 is 11.8 Å². The van der Waals surface area contributed by atoms with Crippen molar-refractivity contribution in [2.75, 3.05) is 25.1 Å². The molecule has 8 heteroatoms. The van der Waals surface area contributed by atoms with Gasteiger partial charge >= 0.3 is 18.0 Å². The minimum Gasteiger partial charge on any atom is -0.480 e. The lowest BCUT2D eigenvalue weighted by molar-refractivity contribution is -0.140. The number of hydrogen-bond acceptors (Lipinski definition) is 4. The van der Waals surface area contributed by atoms with Gasteiger partial charge < -0.3 is 20.4 Å². The monoisotopic (exact) mass is 264 g/mol. The van der Waals surface area contributed by atoms with Crippen molar-refractivity contribution >= 4 is 29.7 Å². The molecule has 0 radical (unpaired) electrons. The molecular weight excluding hydrogens is 248 g/mol. The molecular formula is C9H16N2O5S. The summed E-state index contributed by atoms with van der Waals surface area (Å²) in [4.78, 5) is 33.3. The van der Waals surface area contributed by atoms with Gasteiger partial charge in [0.2, 0.25) is 0 Å². The second kappa shape index (κ2) is 7.77. The smallest absolute Gasteiger partial charge is 0.323 e. The largest absolute Gasteiger partial charge is 0.480 e. The van der Waals surface area contributed by atoms with Crippen molar-refractivity contribution in [3.05, 3.63) is 0 Å². The number of carboxylic acid groups (broad SMARTS) is 2. The SMILES string of the molecule is CSCC(C)NC(=O)N(CC(=O)O)CC(=O)O. The summed E-state index contributed by atoms with van der Waals surface area (Å²) in [5.74, 6) is -1.84. The highest BCUT2D eigenvalue weighted by Gasteiger charge is 2.20. The summed E-state index contributed by atoms with van der Waals surface area (Å²) in [5, 5.41) is 19.7. The van der Waals surface area contributed by atoms with Crippen LogP contribution in [0.2, 0.25) is 0 Å². The average molecular weight is 264 g/mol. The van der Waals surface area contributed by atoms with E-state index in [-0.39, 0.29) is 6.04 Å². The second-order valence-corrected chi connectivity index (χ2v) is 4.36. The number of thioether (sulfide) groups is 1. The van der Waals surface area contributed by atoms with Crippen molar-refractivity contribution in [3.8, 4) is 0 Å². The first-order valence-electron chi connectivity index (χ1n) is 4.84. The summed E-state index contributed by atoms with van der Waals surface area (Å²) in [7, 11) is 0. The Labute approximate surface area is 103 Å². The van der Waals surface area contributed by atoms with Crippen molar-refractivity contribution < 1.29 is 24.6 Å². The van der Waals surface area contributed by atoms with Crippen LogP contribution in [0.3, 0.4) is 0 Å². The average Bonchev–Trinajstić information content (AvgIpc) is 2.15. The van der Waals surface area contributed by atoms with E-state index in [1.807, 2.05) is 6.26 Å². The molecule has 98 valence electrons. The molecule has 0 heterocycles. The van der Waals surface area contributed by atoms with Crippen molar-refractivity contribution in [2.45, 2.75) is 13.0 Å². The predicted molar refractivity (Wildman–Crippen MR) is 63.2 cm³/mol. The van der Waals surface area contributed by atoms with Crippen LogP contribution in [-0.2, 0) is 9.59 Å². The fourth-order valence-electron chi connectivity index (χ4n) is 1.12. The third-order valence-electron chi connectivity index (χ3n) is 1.73. The van der Waals surface area contributed by atoms with Crippen molar-refractivity contribution in [1.82, 2.24) is 10.2 Å². The number of rotatable bonds is 7. The maximum atomic E-state index is 11.6. The van der Waals surface area contributed by atoms with Gasteiger partial charge in [-0.3, -0.25) is 9.59 Å². The van der Waals surface area contributed by atoms with Crippen molar-refractivity contribution in [3.63, 3.8) is 0 Å². The van der Waals surface area contributed by atoms with Crippen LogP contribution in [-0.4, -0.2) is 64.2 Å². The molecule has 17 heavy (non-hydrogen) atoms. The highest BCUT2D eigenvalue weighted by Crippen LogP contribution is 1.98. The van der Waals surface area contributed by atoms with E-state index in [1.165, 1.54) is 11.8 Å². The first-order chi connectivity index (χ1) is 7.86. The van der Waals surface area contributed by atoms with E-state index >= 15 is 0 Å². The van der Waals surface area contributed by atoms with Gasteiger partial charge in [-0.05, 0) is 13.2 Å². The molecule has 7 nitrogen and oxygen atoms in total. The molecule has 1 unspecified atom stereocenters. The zero-order valence-corrected chi connectivity index (χ0v) is 10.5. The molecule has 1 atom stereocenters. The van der Waals surface area contributed by atoms with E-state index in [0.717, 1.165) is 4.90 Å². The summed E-state index contributed by atoms with van der Waals surface area (Å²) < 4.78 is 0. The van der Waals surface area contributed by atoms with Crippen LogP contribution in [0.25, 0.3) is 0 Å². The van der Waals surface area contributed by atoms with Gasteiger partial charge in [0, 0.05) is 11.8 Å². The first-order valence-corrected chi connectivity index (χ1v) is 6.24. The first kappa shape index (κ1) is 15.6. The molecule has 0 aromatic heterocycles. The minimum atomic E-state index is -1.25. The summed E-state index contributed by atoms with van der Waals surface area (Å²) >= 11 is 1.53. The van der Waals surface area contributed by atoms with E-state index in [9.17, 15) is 14.4 Å². The normalized spacial score (nSPS) is 11.6. The van der Waals surface area contributed by atoms with Gasteiger partial charge in [-0.15, -0.1) is 0 Å². The Hall–Kier alpha value is -1.44. The molecule has 0 aromatic carbocycles. The molecule has 0 rings (SSSR count). The van der Waals surface area contributed by atoms with Crippen LogP contribution in [0.5, 0.6) is 0 Å². The quantitative estimate of drug-likeness (QED) is 0.593. The molecule has 0 saturated heterocycles. The maximum absolute atomic E-state index is 11.6. The summed E-state index contributed by atoms with van der Waals surface area (Å²) in [6.07, 6.45) is 1.87. The van der Waals surface area contributed by atoms with Crippen LogP contribution in [0.4, 0.5) is 4.79 Å². The van der Waals surface area contributed by atoms with Gasteiger partial charge in [-0.1, -0.05) is 0 Å². The van der Waals surface area contributed by atoms with E-state index in [1.54, 1.807) is 6.92 Å². The highest BCUT2D eigenvalue weighted by molar-refractivity contribution is 7.98. The Bertz CT molecular complexity index is 281. The number of carboxylic acids is 2. The lowest BCUT2D eigenvalue weighted by atomic mass is 10.4. The summed E-state index contributed by atoms with van der Waals surface area (Å²) in [6, 6.07) is -0.834. The van der Waals surface area contributed by atoms with Gasteiger partial charge in [-0.25, -0.2) is 4.79 Å². The predicted octanol–water partition coefficient (Wildman–Crippen LogP) is -0.0813. The number of nitrogens with one attached hydrogen (secondary N) is 1. The lowest BCUT2D eigenvalue weighted by Gasteiger charge is -2.21. The molecule has 0 aromatic rings. The Morgan fingerprint density at radius 3 is 2.06 bits per heavy atom. The Morgan fingerprint density at radius 2 is 1.71 bits per heavy atom. The highest BCUT2D eigenvalue weighted by atomic mass is 32.2. The van der Waals surface area contributed by atoms with Crippen molar-refractivity contribution in [1.29, 1.82) is 0 Å². The maximum Gasteiger partial charge on any atom is 0.323 e. The minimum absolute atomic E-state index is 0.150. The third-order valence-corrected chi connectivity index (χ3v) is 2.56. The fraction of sp³-hybridized carbons (Fsp3) is 0.667. The Morgan fingerprint density at radius 1 is 1.24 bits per heavy atom. The topological polar surface area (TPSA) is 107 Å². The molecule has 0 fully saturated rings. The fourth-order valence-corrected chi connectivity index (χ4v) is 1.70. The van der Waals surface area contributed by atoms with Gasteiger partial charge in [0.1, 0.15) is 13.1 Å². The molecule has 0 spiro atoms. The molecule has 3 N–H and O–H groups in total. The number of amides is 2. The lowest BCUT2D eigenvalue weighted by Crippen LogP contribution is -2.48. The number of urea groups is 1. The Kier molecular flexibility index (Phi) is 7.11. The molecule has 2 amide bonds. The van der Waals surface area contributed by atoms with Crippen LogP contribution < -0.4 is 5.32 Å². The second-order valence-electron chi connectivity index (χ2n) is 3.45. The van der Waals surface area contributed by atoms with E-state index < -0.39 is 31.1 Å². The third kappa shape index (κ3) is 7.45. The van der Waals surface area contributed by atoms with Crippen molar-refractivity contribution in [2.24, 2.45) is 0 Å². The molecule has 0 aliphatic rings. The van der Waals surface area contributed by atoms with Gasteiger partial charge in [0.25, 0.3) is 0 Å². The summed E-state index contributed by atoms with van der Waals surface area (Å²) in [5.41, 5.74) is 0. The van der Waals surface area contributed by atoms with E-state index in [4.69, 9.17) is 10.2 Å². The number of nitrogens with zero attached hydrogens (tertiary/aromatic N) is 1. The van der Waals surface area contributed by atoms with Crippen LogP contribution in [0, 0.1) is 0 Å². The van der Waals surface area contributed by atoms with Gasteiger partial charge in [0.05, 0.1) is 0 Å². The molecule has 0 saturated carbocycles. The number of hydrogen-bond donors (Lipinski definition) is 3. The zero-order chi connectivity index (χ0) is 13.4. The van der Waals surface area contributed by atoms with Crippen LogP contribution in [0.1, 0.15) is 6.92 Å². The number of carbonyl (C=O) groups excluding carboxylic acids is 1. The van der Waals surface area contributed by atoms with Gasteiger partial charge in [-0.2, -0.15) is 11.8 Å².